The Morgan fingerprint density at radius 2 is 1.72 bits per heavy atom. The maximum Gasteiger partial charge on any atom is 0.241 e. The van der Waals surface area contributed by atoms with Crippen molar-refractivity contribution in [1.29, 1.82) is 0 Å². The van der Waals surface area contributed by atoms with Gasteiger partial charge < -0.3 is 5.73 Å². The zero-order valence-electron chi connectivity index (χ0n) is 13.2. The molecule has 8 heteroatoms. The summed E-state index contributed by atoms with van der Waals surface area (Å²) in [6, 6.07) is 15.8. The Bertz CT molecular complexity index is 916. The van der Waals surface area contributed by atoms with Crippen LogP contribution in [0.5, 0.6) is 0 Å². The smallest absolute Gasteiger partial charge is 0.241 e. The monoisotopic (exact) mass is 399 g/mol. The molecular weight excluding hydrogens is 381 g/mol. The number of sulfonamides is 1. The lowest BCUT2D eigenvalue weighted by Gasteiger charge is -2.14. The van der Waals surface area contributed by atoms with Gasteiger partial charge in [0.25, 0.3) is 0 Å². The zero-order chi connectivity index (χ0) is 16.3. The number of fused-ring (bicyclic) bond motifs is 1. The lowest BCUT2D eigenvalue weighted by atomic mass is 10.1. The van der Waals surface area contributed by atoms with Crippen LogP contribution in [0.2, 0.25) is 0 Å². The van der Waals surface area contributed by atoms with Crippen LogP contribution in [0, 0.1) is 0 Å². The second kappa shape index (κ2) is 9.12. The van der Waals surface area contributed by atoms with Crippen LogP contribution in [0.15, 0.2) is 71.9 Å². The van der Waals surface area contributed by atoms with Crippen LogP contribution in [0.3, 0.4) is 0 Å². The first kappa shape index (κ1) is 21.3. The van der Waals surface area contributed by atoms with Gasteiger partial charge in [-0.1, -0.05) is 42.5 Å². The van der Waals surface area contributed by atoms with Crippen LogP contribution in [-0.2, 0) is 10.0 Å². The molecule has 0 aliphatic carbocycles. The van der Waals surface area contributed by atoms with E-state index < -0.39 is 16.1 Å². The molecule has 0 amide bonds. The van der Waals surface area contributed by atoms with E-state index in [0.717, 1.165) is 10.9 Å². The molecule has 1 unspecified atom stereocenters. The average molecular weight is 400 g/mol. The molecule has 1 atom stereocenters. The van der Waals surface area contributed by atoms with E-state index in [-0.39, 0.29) is 36.3 Å². The Morgan fingerprint density at radius 1 is 1.00 bits per heavy atom. The van der Waals surface area contributed by atoms with Gasteiger partial charge in [-0.15, -0.1) is 24.8 Å². The molecule has 5 nitrogen and oxygen atoms in total. The van der Waals surface area contributed by atoms with Gasteiger partial charge in [0.05, 0.1) is 4.90 Å². The maximum atomic E-state index is 12.6. The lowest BCUT2D eigenvalue weighted by molar-refractivity contribution is 0.573. The van der Waals surface area contributed by atoms with Crippen LogP contribution >= 0.6 is 24.8 Å². The van der Waals surface area contributed by atoms with Crippen molar-refractivity contribution >= 4 is 45.6 Å². The number of halogens is 2. The van der Waals surface area contributed by atoms with Gasteiger partial charge in [0.15, 0.2) is 0 Å². The highest BCUT2D eigenvalue weighted by Gasteiger charge is 2.18. The van der Waals surface area contributed by atoms with E-state index in [4.69, 9.17) is 5.73 Å². The minimum Gasteiger partial charge on any atom is -0.323 e. The van der Waals surface area contributed by atoms with Crippen molar-refractivity contribution in [1.82, 2.24) is 9.71 Å². The summed E-state index contributed by atoms with van der Waals surface area (Å²) in [4.78, 5) is 4.25. The number of benzene rings is 2. The largest absolute Gasteiger partial charge is 0.323 e. The Labute approximate surface area is 159 Å². The third-order valence-corrected chi connectivity index (χ3v) is 5.13. The Kier molecular flexibility index (Phi) is 7.79. The Morgan fingerprint density at radius 3 is 2.44 bits per heavy atom. The maximum absolute atomic E-state index is 12.6. The van der Waals surface area contributed by atoms with Gasteiger partial charge in [-0.05, 0) is 17.7 Å². The minimum absolute atomic E-state index is 0. The van der Waals surface area contributed by atoms with Crippen molar-refractivity contribution in [2.45, 2.75) is 10.9 Å². The van der Waals surface area contributed by atoms with E-state index >= 15 is 0 Å². The first-order valence-electron chi connectivity index (χ1n) is 7.21. The number of aromatic nitrogens is 1. The summed E-state index contributed by atoms with van der Waals surface area (Å²) in [5.74, 6) is 0. The standard InChI is InChI=1S/C17H17N3O2S.2ClH/c18-16(13-5-2-1-3-6-13)12-20-23(21,22)17-8-4-7-14-11-19-10-9-15(14)17;;/h1-11,16,20H,12,18H2;2*1H. The molecule has 0 bridgehead atoms. The van der Waals surface area contributed by atoms with E-state index in [0.29, 0.717) is 5.39 Å². The molecule has 2 aromatic carbocycles. The van der Waals surface area contributed by atoms with E-state index in [9.17, 15) is 8.42 Å². The average Bonchev–Trinajstić information content (AvgIpc) is 2.60. The number of nitrogens with one attached hydrogen (secondary N) is 1. The normalized spacial score (nSPS) is 12.0. The number of hydrogen-bond acceptors (Lipinski definition) is 4. The third kappa shape index (κ3) is 4.90. The van der Waals surface area contributed by atoms with E-state index in [1.807, 2.05) is 36.4 Å². The molecule has 3 N–H and O–H groups in total. The van der Waals surface area contributed by atoms with Gasteiger partial charge in [0.1, 0.15) is 0 Å². The van der Waals surface area contributed by atoms with Gasteiger partial charge in [-0.3, -0.25) is 4.98 Å². The Balaban J connectivity index is 0.00000156. The molecule has 1 heterocycles. The Hall–Kier alpha value is -1.70. The van der Waals surface area contributed by atoms with E-state index in [1.54, 1.807) is 30.6 Å². The quantitative estimate of drug-likeness (QED) is 0.690. The molecule has 3 rings (SSSR count). The number of hydrogen-bond donors (Lipinski definition) is 2. The molecule has 3 aromatic rings. The summed E-state index contributed by atoms with van der Waals surface area (Å²) < 4.78 is 27.8. The number of nitrogens with zero attached hydrogens (tertiary/aromatic N) is 1. The molecule has 1 aromatic heterocycles. The summed E-state index contributed by atoms with van der Waals surface area (Å²) >= 11 is 0. The van der Waals surface area contributed by atoms with Crippen molar-refractivity contribution < 1.29 is 8.42 Å². The predicted molar refractivity (Wildman–Crippen MR) is 105 cm³/mol. The summed E-state index contributed by atoms with van der Waals surface area (Å²) in [6.45, 7) is 0.133. The van der Waals surface area contributed by atoms with Gasteiger partial charge in [0, 0.05) is 35.8 Å². The number of rotatable bonds is 5. The lowest BCUT2D eigenvalue weighted by Crippen LogP contribution is -2.32. The summed E-state index contributed by atoms with van der Waals surface area (Å²) in [5, 5.41) is 1.42. The fourth-order valence-electron chi connectivity index (χ4n) is 2.42. The first-order chi connectivity index (χ1) is 11.1. The fourth-order valence-corrected chi connectivity index (χ4v) is 3.71. The highest BCUT2D eigenvalue weighted by Crippen LogP contribution is 2.22. The second-order valence-corrected chi connectivity index (χ2v) is 6.96. The molecule has 25 heavy (non-hydrogen) atoms. The molecule has 0 spiro atoms. The first-order valence-corrected chi connectivity index (χ1v) is 8.69. The molecule has 0 saturated carbocycles. The molecule has 0 aliphatic rings. The molecule has 0 saturated heterocycles. The highest BCUT2D eigenvalue weighted by atomic mass is 35.5. The minimum atomic E-state index is -3.65. The van der Waals surface area contributed by atoms with Crippen LogP contribution in [0.1, 0.15) is 11.6 Å². The second-order valence-electron chi connectivity index (χ2n) is 5.22. The molecule has 0 radical (unpaired) electrons. The van der Waals surface area contributed by atoms with Gasteiger partial charge in [-0.2, -0.15) is 0 Å². The molecule has 0 fully saturated rings. The molecule has 0 aliphatic heterocycles. The fraction of sp³-hybridized carbons (Fsp3) is 0.118. The topological polar surface area (TPSA) is 85.1 Å². The van der Waals surface area contributed by atoms with Crippen molar-refractivity contribution in [2.24, 2.45) is 5.73 Å². The molecule has 134 valence electrons. The highest BCUT2D eigenvalue weighted by molar-refractivity contribution is 7.89. The third-order valence-electron chi connectivity index (χ3n) is 3.65. The van der Waals surface area contributed by atoms with Crippen molar-refractivity contribution in [3.8, 4) is 0 Å². The van der Waals surface area contributed by atoms with Crippen molar-refractivity contribution in [3.05, 3.63) is 72.6 Å². The molecular formula is C17H19Cl2N3O2S. The summed E-state index contributed by atoms with van der Waals surface area (Å²) in [6.07, 6.45) is 3.22. The van der Waals surface area contributed by atoms with E-state index in [1.165, 1.54) is 0 Å². The predicted octanol–water partition coefficient (Wildman–Crippen LogP) is 3.06. The van der Waals surface area contributed by atoms with Crippen LogP contribution in [0.25, 0.3) is 10.8 Å². The van der Waals surface area contributed by atoms with Gasteiger partial charge in [0.2, 0.25) is 10.0 Å². The van der Waals surface area contributed by atoms with Gasteiger partial charge in [-0.25, -0.2) is 13.1 Å². The SMILES string of the molecule is Cl.Cl.NC(CNS(=O)(=O)c1cccc2cnccc12)c1ccccc1. The van der Waals surface area contributed by atoms with Crippen molar-refractivity contribution in [2.75, 3.05) is 6.54 Å². The number of pyridine rings is 1. The van der Waals surface area contributed by atoms with Crippen LogP contribution < -0.4 is 10.5 Å². The van der Waals surface area contributed by atoms with Crippen LogP contribution in [-0.4, -0.2) is 19.9 Å². The number of nitrogens with two attached hydrogens (primary N) is 1. The summed E-state index contributed by atoms with van der Waals surface area (Å²) in [5.41, 5.74) is 6.94. The van der Waals surface area contributed by atoms with Gasteiger partial charge >= 0.3 is 0 Å². The van der Waals surface area contributed by atoms with Crippen molar-refractivity contribution in [3.63, 3.8) is 0 Å². The zero-order valence-corrected chi connectivity index (χ0v) is 15.7. The summed E-state index contributed by atoms with van der Waals surface area (Å²) in [7, 11) is -3.65. The van der Waals surface area contributed by atoms with E-state index in [2.05, 4.69) is 9.71 Å². The van der Waals surface area contributed by atoms with Crippen LogP contribution in [0.4, 0.5) is 0 Å².